The maximum atomic E-state index is 12.4. The highest BCUT2D eigenvalue weighted by molar-refractivity contribution is 7.94. The maximum Gasteiger partial charge on any atom is 0.337 e. The van der Waals surface area contributed by atoms with Crippen LogP contribution >= 0.6 is 11.6 Å². The minimum absolute atomic E-state index is 0.00363. The number of methoxy groups -OCH3 is 1. The zero-order chi connectivity index (χ0) is 20.5. The molecule has 1 saturated heterocycles. The lowest BCUT2D eigenvalue weighted by Crippen LogP contribution is -2.29. The molecule has 1 heterocycles. The van der Waals surface area contributed by atoms with E-state index < -0.39 is 27.8 Å². The van der Waals surface area contributed by atoms with Crippen molar-refractivity contribution in [3.05, 3.63) is 58.6 Å². The second kappa shape index (κ2) is 7.61. The highest BCUT2D eigenvalue weighted by Crippen LogP contribution is 2.29. The summed E-state index contributed by atoms with van der Waals surface area (Å²) in [6, 6.07) is 10.0. The first-order valence-electron chi connectivity index (χ1n) is 8.08. The summed E-state index contributed by atoms with van der Waals surface area (Å²) in [4.78, 5) is 35.7. The molecule has 146 valence electrons. The summed E-state index contributed by atoms with van der Waals surface area (Å²) in [6.07, 6.45) is -0.0935. The number of hydrogen-bond donors (Lipinski definition) is 1. The Morgan fingerprint density at radius 2 is 1.82 bits per heavy atom. The topological polar surface area (TPSA) is 110 Å². The van der Waals surface area contributed by atoms with Crippen molar-refractivity contribution in [1.82, 2.24) is 0 Å². The lowest BCUT2D eigenvalue weighted by Gasteiger charge is -2.16. The standard InChI is InChI=1S/C18H15ClN2O6S/c1-27-18(24)11-2-4-12(5-3-11)20-17(23)14-7-6-13(10-15(14)19)21-16(22)8-9-28(21,25)26/h2-7,10H,8-9H2,1H3,(H,20,23). The van der Waals surface area contributed by atoms with Crippen LogP contribution < -0.4 is 9.62 Å². The predicted molar refractivity (Wildman–Crippen MR) is 103 cm³/mol. The summed E-state index contributed by atoms with van der Waals surface area (Å²) in [6.45, 7) is 0. The van der Waals surface area contributed by atoms with Crippen molar-refractivity contribution in [1.29, 1.82) is 0 Å². The number of esters is 1. The monoisotopic (exact) mass is 422 g/mol. The van der Waals surface area contributed by atoms with Crippen LogP contribution in [0.25, 0.3) is 0 Å². The molecule has 0 aromatic heterocycles. The number of carbonyl (C=O) groups excluding carboxylic acids is 3. The highest BCUT2D eigenvalue weighted by atomic mass is 35.5. The molecule has 0 unspecified atom stereocenters. The molecular formula is C18H15ClN2O6S. The lowest BCUT2D eigenvalue weighted by molar-refractivity contribution is -0.116. The number of benzene rings is 2. The molecule has 3 rings (SSSR count). The molecule has 1 aliphatic rings. The van der Waals surface area contributed by atoms with Crippen LogP contribution in [0.4, 0.5) is 11.4 Å². The molecule has 28 heavy (non-hydrogen) atoms. The van der Waals surface area contributed by atoms with Gasteiger partial charge in [0.25, 0.3) is 5.91 Å². The highest BCUT2D eigenvalue weighted by Gasteiger charge is 2.36. The van der Waals surface area contributed by atoms with Gasteiger partial charge in [0.05, 0.1) is 34.7 Å². The number of halogens is 1. The summed E-state index contributed by atoms with van der Waals surface area (Å²) < 4.78 is 29.3. The van der Waals surface area contributed by atoms with E-state index in [9.17, 15) is 22.8 Å². The zero-order valence-electron chi connectivity index (χ0n) is 14.6. The molecule has 1 fully saturated rings. The third-order valence-corrected chi connectivity index (χ3v) is 6.08. The van der Waals surface area contributed by atoms with Crippen LogP contribution in [-0.2, 0) is 19.6 Å². The Bertz CT molecular complexity index is 1070. The number of anilines is 2. The fraction of sp³-hybridized carbons (Fsp3) is 0.167. The van der Waals surface area contributed by atoms with Gasteiger partial charge in [-0.25, -0.2) is 17.5 Å². The first-order chi connectivity index (χ1) is 13.2. The van der Waals surface area contributed by atoms with Gasteiger partial charge in [-0.1, -0.05) is 11.6 Å². The molecule has 1 N–H and O–H groups in total. The molecule has 0 radical (unpaired) electrons. The summed E-state index contributed by atoms with van der Waals surface area (Å²) >= 11 is 6.14. The molecule has 0 aliphatic carbocycles. The van der Waals surface area contributed by atoms with Gasteiger partial charge in [-0.15, -0.1) is 0 Å². The predicted octanol–water partition coefficient (Wildman–Crippen LogP) is 2.45. The molecule has 2 aromatic rings. The average Bonchev–Trinajstić information content (AvgIpc) is 2.94. The van der Waals surface area contributed by atoms with E-state index in [1.165, 1.54) is 49.6 Å². The Balaban J connectivity index is 1.79. The van der Waals surface area contributed by atoms with Crippen molar-refractivity contribution in [3.8, 4) is 0 Å². The van der Waals surface area contributed by atoms with Crippen molar-refractivity contribution in [2.75, 3.05) is 22.5 Å². The first-order valence-corrected chi connectivity index (χ1v) is 10.1. The van der Waals surface area contributed by atoms with Gasteiger partial charge in [0.2, 0.25) is 15.9 Å². The van der Waals surface area contributed by atoms with Gasteiger partial charge in [-0.3, -0.25) is 9.59 Å². The molecule has 2 amide bonds. The van der Waals surface area contributed by atoms with E-state index in [1.807, 2.05) is 0 Å². The number of sulfonamides is 1. The SMILES string of the molecule is COC(=O)c1ccc(NC(=O)c2ccc(N3C(=O)CCS3(=O)=O)cc2Cl)cc1. The van der Waals surface area contributed by atoms with Gasteiger partial charge >= 0.3 is 5.97 Å². The Morgan fingerprint density at radius 3 is 2.36 bits per heavy atom. The third kappa shape index (κ3) is 3.85. The van der Waals surface area contributed by atoms with Crippen LogP contribution in [0.15, 0.2) is 42.5 Å². The largest absolute Gasteiger partial charge is 0.465 e. The summed E-state index contributed by atoms with van der Waals surface area (Å²) in [5, 5.41) is 2.62. The molecular weight excluding hydrogens is 408 g/mol. The Hall–Kier alpha value is -2.91. The van der Waals surface area contributed by atoms with Crippen molar-refractivity contribution in [2.24, 2.45) is 0 Å². The second-order valence-corrected chi connectivity index (χ2v) is 8.26. The van der Waals surface area contributed by atoms with Crippen LogP contribution in [0, 0.1) is 0 Å². The van der Waals surface area contributed by atoms with Gasteiger partial charge in [0.15, 0.2) is 0 Å². The lowest BCUT2D eigenvalue weighted by atomic mass is 10.1. The van der Waals surface area contributed by atoms with Gasteiger partial charge < -0.3 is 10.1 Å². The van der Waals surface area contributed by atoms with E-state index in [1.54, 1.807) is 0 Å². The Morgan fingerprint density at radius 1 is 1.14 bits per heavy atom. The number of carbonyl (C=O) groups is 3. The summed E-state index contributed by atoms with van der Waals surface area (Å²) in [5.41, 5.74) is 0.951. The number of ether oxygens (including phenoxy) is 1. The number of rotatable bonds is 4. The van der Waals surface area contributed by atoms with Gasteiger partial charge in [-0.2, -0.15) is 0 Å². The number of nitrogens with one attached hydrogen (secondary N) is 1. The zero-order valence-corrected chi connectivity index (χ0v) is 16.2. The molecule has 2 aromatic carbocycles. The molecule has 0 spiro atoms. The van der Waals surface area contributed by atoms with E-state index in [2.05, 4.69) is 10.1 Å². The minimum atomic E-state index is -3.71. The smallest absolute Gasteiger partial charge is 0.337 e. The molecule has 0 atom stereocenters. The Labute approximate surface area is 166 Å². The van der Waals surface area contributed by atoms with Crippen LogP contribution in [0.3, 0.4) is 0 Å². The molecule has 1 aliphatic heterocycles. The van der Waals surface area contributed by atoms with Gasteiger partial charge in [0, 0.05) is 12.1 Å². The van der Waals surface area contributed by atoms with Crippen molar-refractivity contribution < 1.29 is 27.5 Å². The van der Waals surface area contributed by atoms with Crippen LogP contribution in [0.2, 0.25) is 5.02 Å². The number of amides is 2. The molecule has 10 heteroatoms. The average molecular weight is 423 g/mol. The first kappa shape index (κ1) is 19.8. The van der Waals surface area contributed by atoms with Gasteiger partial charge in [-0.05, 0) is 42.5 Å². The van der Waals surface area contributed by atoms with Crippen molar-refractivity contribution in [3.63, 3.8) is 0 Å². The molecule has 8 nitrogen and oxygen atoms in total. The third-order valence-electron chi connectivity index (χ3n) is 4.07. The van der Waals surface area contributed by atoms with Crippen LogP contribution in [0.5, 0.6) is 0 Å². The maximum absolute atomic E-state index is 12.4. The number of hydrogen-bond acceptors (Lipinski definition) is 6. The van der Waals surface area contributed by atoms with E-state index in [4.69, 9.17) is 11.6 Å². The summed E-state index contributed by atoms with van der Waals surface area (Å²) in [5.74, 6) is -1.83. The minimum Gasteiger partial charge on any atom is -0.465 e. The van der Waals surface area contributed by atoms with E-state index in [0.29, 0.717) is 15.6 Å². The fourth-order valence-electron chi connectivity index (χ4n) is 2.69. The second-order valence-electron chi connectivity index (χ2n) is 5.91. The normalized spacial score (nSPS) is 15.4. The summed E-state index contributed by atoms with van der Waals surface area (Å²) in [7, 11) is -2.45. The van der Waals surface area contributed by atoms with E-state index in [0.717, 1.165) is 0 Å². The Kier molecular flexibility index (Phi) is 5.39. The van der Waals surface area contributed by atoms with Crippen molar-refractivity contribution >= 4 is 50.8 Å². The van der Waals surface area contributed by atoms with Gasteiger partial charge in [0.1, 0.15) is 0 Å². The van der Waals surface area contributed by atoms with E-state index >= 15 is 0 Å². The quantitative estimate of drug-likeness (QED) is 0.758. The molecule has 0 bridgehead atoms. The fourth-order valence-corrected chi connectivity index (χ4v) is 4.40. The van der Waals surface area contributed by atoms with Crippen LogP contribution in [-0.4, -0.2) is 39.1 Å². The number of nitrogens with zero attached hydrogens (tertiary/aromatic N) is 1. The molecule has 0 saturated carbocycles. The van der Waals surface area contributed by atoms with Crippen molar-refractivity contribution in [2.45, 2.75) is 6.42 Å². The van der Waals surface area contributed by atoms with E-state index in [-0.39, 0.29) is 28.4 Å². The van der Waals surface area contributed by atoms with Crippen LogP contribution in [0.1, 0.15) is 27.1 Å².